The maximum absolute atomic E-state index is 12.6. The van der Waals surface area contributed by atoms with Crippen LogP contribution in [0.1, 0.15) is 54.9 Å². The summed E-state index contributed by atoms with van der Waals surface area (Å²) in [5.41, 5.74) is -0.417. The fourth-order valence-electron chi connectivity index (χ4n) is 2.24. The first-order valence-electron chi connectivity index (χ1n) is 8.27. The Morgan fingerprint density at radius 1 is 1.04 bits per heavy atom. The summed E-state index contributed by atoms with van der Waals surface area (Å²) in [6.45, 7) is 14.5. The van der Waals surface area contributed by atoms with E-state index in [2.05, 4.69) is 26.6 Å². The van der Waals surface area contributed by atoms with Gasteiger partial charge in [-0.3, -0.25) is 4.21 Å². The lowest BCUT2D eigenvalue weighted by molar-refractivity contribution is -0.0653. The standard InChI is InChI=1S/C17H37NO4S2/c1-14(16(2,3)4)22-15(11-12-24(10,20)21)13-18(17(5,6)7)23(8,9)19/h14-15H,8,11-13H2,1-7,9-10H3/t14-,15+,23?/m0/s1. The molecule has 0 saturated carbocycles. The molecule has 0 fully saturated rings. The van der Waals surface area contributed by atoms with Crippen LogP contribution in [-0.2, 0) is 24.3 Å². The van der Waals surface area contributed by atoms with Gasteiger partial charge in [-0.05, 0) is 45.4 Å². The van der Waals surface area contributed by atoms with E-state index >= 15 is 0 Å². The second-order valence-electron chi connectivity index (χ2n) is 8.88. The van der Waals surface area contributed by atoms with Crippen LogP contribution in [-0.4, -0.2) is 65.4 Å². The van der Waals surface area contributed by atoms with E-state index in [-0.39, 0.29) is 28.9 Å². The average molecular weight is 384 g/mol. The van der Waals surface area contributed by atoms with Gasteiger partial charge >= 0.3 is 0 Å². The smallest absolute Gasteiger partial charge is 0.147 e. The second-order valence-corrected chi connectivity index (χ2v) is 13.5. The molecule has 0 aromatic carbocycles. The lowest BCUT2D eigenvalue weighted by Crippen LogP contribution is -2.50. The predicted molar refractivity (Wildman–Crippen MR) is 106 cm³/mol. The minimum absolute atomic E-state index is 0.0502. The predicted octanol–water partition coefficient (Wildman–Crippen LogP) is 2.60. The van der Waals surface area contributed by atoms with Crippen LogP contribution in [0.3, 0.4) is 0 Å². The van der Waals surface area contributed by atoms with Crippen molar-refractivity contribution in [1.29, 1.82) is 0 Å². The number of rotatable bonds is 8. The first-order valence-corrected chi connectivity index (χ1v) is 12.4. The van der Waals surface area contributed by atoms with Crippen molar-refractivity contribution >= 4 is 25.4 Å². The summed E-state index contributed by atoms with van der Waals surface area (Å²) >= 11 is 0. The van der Waals surface area contributed by atoms with Gasteiger partial charge in [0.15, 0.2) is 0 Å². The van der Waals surface area contributed by atoms with Crippen LogP contribution in [0.2, 0.25) is 0 Å². The Bertz CT molecular complexity index is 595. The van der Waals surface area contributed by atoms with Crippen molar-refractivity contribution in [3.8, 4) is 0 Å². The Labute approximate surface area is 150 Å². The highest BCUT2D eigenvalue weighted by Gasteiger charge is 2.32. The van der Waals surface area contributed by atoms with Crippen LogP contribution in [0.15, 0.2) is 0 Å². The van der Waals surface area contributed by atoms with Crippen LogP contribution in [0.25, 0.3) is 0 Å². The van der Waals surface area contributed by atoms with E-state index in [1.54, 1.807) is 6.26 Å². The Kier molecular flexibility index (Phi) is 8.02. The maximum Gasteiger partial charge on any atom is 0.147 e. The fourth-order valence-corrected chi connectivity index (χ4v) is 4.57. The molecule has 0 rings (SSSR count). The summed E-state index contributed by atoms with van der Waals surface area (Å²) in [6.07, 6.45) is 2.83. The van der Waals surface area contributed by atoms with Gasteiger partial charge in [0.25, 0.3) is 0 Å². The summed E-state index contributed by atoms with van der Waals surface area (Å²) in [6, 6.07) is 0. The molecule has 7 heteroatoms. The Balaban J connectivity index is 5.44. The molecule has 0 heterocycles. The molecule has 0 amide bonds. The first kappa shape index (κ1) is 23.9. The number of hydrogen-bond acceptors (Lipinski definition) is 4. The monoisotopic (exact) mass is 383 g/mol. The minimum Gasteiger partial charge on any atom is -0.373 e. The molecule has 0 aliphatic rings. The largest absolute Gasteiger partial charge is 0.373 e. The quantitative estimate of drug-likeness (QED) is 0.604. The highest BCUT2D eigenvalue weighted by Crippen LogP contribution is 2.26. The molecule has 0 saturated heterocycles. The van der Waals surface area contributed by atoms with E-state index in [0.29, 0.717) is 13.0 Å². The molecule has 0 aliphatic heterocycles. The zero-order valence-electron chi connectivity index (χ0n) is 16.9. The van der Waals surface area contributed by atoms with Gasteiger partial charge in [-0.2, -0.15) is 0 Å². The lowest BCUT2D eigenvalue weighted by Gasteiger charge is -2.40. The van der Waals surface area contributed by atoms with Crippen molar-refractivity contribution in [2.24, 2.45) is 5.41 Å². The van der Waals surface area contributed by atoms with Crippen LogP contribution in [0.4, 0.5) is 0 Å². The van der Waals surface area contributed by atoms with E-state index < -0.39 is 19.5 Å². The topological polar surface area (TPSA) is 63.7 Å². The van der Waals surface area contributed by atoms with E-state index in [1.165, 1.54) is 6.26 Å². The van der Waals surface area contributed by atoms with Gasteiger partial charge in [0.05, 0.1) is 18.0 Å². The molecule has 1 unspecified atom stereocenters. The van der Waals surface area contributed by atoms with Gasteiger partial charge in [0.2, 0.25) is 0 Å². The van der Waals surface area contributed by atoms with E-state index in [9.17, 15) is 12.6 Å². The third kappa shape index (κ3) is 9.39. The molecule has 0 spiro atoms. The summed E-state index contributed by atoms with van der Waals surface area (Å²) in [5, 5.41) is 0. The zero-order valence-corrected chi connectivity index (χ0v) is 18.5. The van der Waals surface area contributed by atoms with Crippen molar-refractivity contribution in [2.45, 2.75) is 72.6 Å². The highest BCUT2D eigenvalue weighted by atomic mass is 32.2. The summed E-state index contributed by atoms with van der Waals surface area (Å²) in [5.74, 6) is 3.86. The number of nitrogens with zero attached hydrogens (tertiary/aromatic N) is 1. The molecule has 0 N–H and O–H groups in total. The molecule has 3 atom stereocenters. The van der Waals surface area contributed by atoms with E-state index in [4.69, 9.17) is 4.74 Å². The fraction of sp³-hybridized carbons (Fsp3) is 0.941. The van der Waals surface area contributed by atoms with Gasteiger partial charge < -0.3 is 4.74 Å². The van der Waals surface area contributed by atoms with Crippen molar-refractivity contribution in [2.75, 3.05) is 24.8 Å². The van der Waals surface area contributed by atoms with Gasteiger partial charge in [-0.25, -0.2) is 12.7 Å². The van der Waals surface area contributed by atoms with Crippen LogP contribution < -0.4 is 0 Å². The normalized spacial score (nSPS) is 19.1. The van der Waals surface area contributed by atoms with Gasteiger partial charge in [0, 0.05) is 34.3 Å². The summed E-state index contributed by atoms with van der Waals surface area (Å²) in [4.78, 5) is 0. The molecule has 0 radical (unpaired) electrons. The van der Waals surface area contributed by atoms with Gasteiger partial charge in [-0.15, -0.1) is 0 Å². The molecule has 24 heavy (non-hydrogen) atoms. The summed E-state index contributed by atoms with van der Waals surface area (Å²) in [7, 11) is -5.52. The molecule has 5 nitrogen and oxygen atoms in total. The van der Waals surface area contributed by atoms with Gasteiger partial charge in [0.1, 0.15) is 9.84 Å². The maximum atomic E-state index is 12.6. The third-order valence-electron chi connectivity index (χ3n) is 4.01. The average Bonchev–Trinajstić information content (AvgIpc) is 2.26. The second kappa shape index (κ2) is 8.06. The molecule has 146 valence electrons. The number of ether oxygens (including phenoxy) is 1. The zero-order chi connectivity index (χ0) is 19.6. The molecule has 0 bridgehead atoms. The molecule has 0 aliphatic carbocycles. The lowest BCUT2D eigenvalue weighted by atomic mass is 9.90. The van der Waals surface area contributed by atoms with Crippen LogP contribution >= 0.6 is 0 Å². The highest BCUT2D eigenvalue weighted by molar-refractivity contribution is 7.97. The Morgan fingerprint density at radius 2 is 1.50 bits per heavy atom. The van der Waals surface area contributed by atoms with E-state index in [1.807, 2.05) is 32.0 Å². The van der Waals surface area contributed by atoms with Crippen molar-refractivity contribution in [1.82, 2.24) is 4.31 Å². The molecular weight excluding hydrogens is 346 g/mol. The number of hydrogen-bond donors (Lipinski definition) is 0. The first-order chi connectivity index (χ1) is 10.3. The minimum atomic E-state index is -3.08. The summed E-state index contributed by atoms with van der Waals surface area (Å²) < 4.78 is 43.7. The third-order valence-corrected chi connectivity index (χ3v) is 6.62. The Hall–Kier alpha value is -0.110. The Morgan fingerprint density at radius 3 is 1.79 bits per heavy atom. The van der Waals surface area contributed by atoms with Crippen molar-refractivity contribution in [3.63, 3.8) is 0 Å². The van der Waals surface area contributed by atoms with Crippen LogP contribution in [0.5, 0.6) is 0 Å². The van der Waals surface area contributed by atoms with Crippen LogP contribution in [0, 0.1) is 5.41 Å². The number of sulfone groups is 1. The molecular formula is C17H37NO4S2. The van der Waals surface area contributed by atoms with Gasteiger partial charge in [-0.1, -0.05) is 20.8 Å². The SMILES string of the molecule is C=S(C)(=O)N(C[C@@H](CCS(C)(=O)=O)O[C@@H](C)C(C)(C)C)C(C)(C)C. The van der Waals surface area contributed by atoms with Crippen molar-refractivity contribution < 1.29 is 17.4 Å². The van der Waals surface area contributed by atoms with Crippen molar-refractivity contribution in [3.05, 3.63) is 0 Å². The van der Waals surface area contributed by atoms with E-state index in [0.717, 1.165) is 0 Å². The molecule has 0 aromatic heterocycles. The molecule has 0 aromatic rings.